The molecule has 2 heterocycles. The minimum atomic E-state index is 0.942. The van der Waals surface area contributed by atoms with Crippen LogP contribution in [0.3, 0.4) is 0 Å². The molecule has 1 nitrogen and oxygen atoms in total. The smallest absolute Gasteiger partial charge is 0.134 e. The third-order valence-corrected chi connectivity index (χ3v) is 9.46. The Kier molecular flexibility index (Phi) is 4.55. The average molecular weight is 527 g/mol. The molecule has 0 saturated carbocycles. The summed E-state index contributed by atoms with van der Waals surface area (Å²) in [5.74, 6) is 0. The maximum Gasteiger partial charge on any atom is 0.134 e. The summed E-state index contributed by atoms with van der Waals surface area (Å²) in [6.45, 7) is 0. The highest BCUT2D eigenvalue weighted by atomic mass is 32.1. The molecule has 0 saturated heterocycles. The Balaban J connectivity index is 1.39. The molecule has 0 N–H and O–H groups in total. The first-order valence-corrected chi connectivity index (χ1v) is 14.4. The molecule has 40 heavy (non-hydrogen) atoms. The standard InChI is InChI=1S/C38H22OS/c1-2-10-25-23(8-1)9-7-15-26(25)37-29-13-5-3-11-27(29)36(28-12-4-6-14-30(28)37)24-16-17-32-35(22-24)40-34-19-18-33-31(38(32)34)20-21-39-33/h1-22H. The van der Waals surface area contributed by atoms with Gasteiger partial charge < -0.3 is 4.42 Å². The second-order valence-electron chi connectivity index (χ2n) is 10.5. The van der Waals surface area contributed by atoms with Gasteiger partial charge in [-0.15, -0.1) is 11.3 Å². The normalized spacial score (nSPS) is 12.0. The van der Waals surface area contributed by atoms with Crippen LogP contribution in [0.25, 0.3) is 85.7 Å². The van der Waals surface area contributed by atoms with Gasteiger partial charge in [0.2, 0.25) is 0 Å². The quantitative estimate of drug-likeness (QED) is 0.204. The highest BCUT2D eigenvalue weighted by Crippen LogP contribution is 2.47. The van der Waals surface area contributed by atoms with E-state index in [0.29, 0.717) is 0 Å². The van der Waals surface area contributed by atoms with E-state index in [4.69, 9.17) is 4.42 Å². The molecular weight excluding hydrogens is 504 g/mol. The number of benzene rings is 7. The number of hydrogen-bond acceptors (Lipinski definition) is 2. The average Bonchev–Trinajstić information content (AvgIpc) is 3.63. The Labute approximate surface area is 234 Å². The van der Waals surface area contributed by atoms with Crippen LogP contribution >= 0.6 is 11.3 Å². The van der Waals surface area contributed by atoms with Gasteiger partial charge in [-0.1, -0.05) is 103 Å². The molecule has 0 aliphatic rings. The summed E-state index contributed by atoms with van der Waals surface area (Å²) >= 11 is 1.86. The Hall–Kier alpha value is -4.92. The van der Waals surface area contributed by atoms with Gasteiger partial charge in [0.1, 0.15) is 5.58 Å². The molecule has 0 aliphatic heterocycles. The first-order chi connectivity index (χ1) is 19.8. The van der Waals surface area contributed by atoms with Crippen LogP contribution in [0.5, 0.6) is 0 Å². The van der Waals surface area contributed by atoms with Crippen molar-refractivity contribution in [2.24, 2.45) is 0 Å². The Morgan fingerprint density at radius 1 is 0.450 bits per heavy atom. The SMILES string of the molecule is c1ccc2c(-c3c4ccccc4c(-c4ccc5c(c4)sc4ccc6occc6c45)c4ccccc34)cccc2c1. The van der Waals surface area contributed by atoms with Crippen molar-refractivity contribution < 1.29 is 4.42 Å². The minimum Gasteiger partial charge on any atom is -0.464 e. The lowest BCUT2D eigenvalue weighted by Crippen LogP contribution is -1.91. The van der Waals surface area contributed by atoms with E-state index in [2.05, 4.69) is 127 Å². The zero-order valence-electron chi connectivity index (χ0n) is 21.5. The summed E-state index contributed by atoms with van der Waals surface area (Å²) < 4.78 is 8.30. The van der Waals surface area contributed by atoms with Crippen molar-refractivity contribution >= 4 is 74.8 Å². The van der Waals surface area contributed by atoms with Crippen molar-refractivity contribution in [1.82, 2.24) is 0 Å². The predicted octanol–water partition coefficient (Wildman–Crippen LogP) is 11.6. The third-order valence-electron chi connectivity index (χ3n) is 8.35. The molecule has 186 valence electrons. The maximum atomic E-state index is 5.71. The Morgan fingerprint density at radius 2 is 1.12 bits per heavy atom. The first-order valence-electron chi connectivity index (χ1n) is 13.6. The molecule has 2 aromatic heterocycles. The van der Waals surface area contributed by atoms with Gasteiger partial charge >= 0.3 is 0 Å². The van der Waals surface area contributed by atoms with E-state index >= 15 is 0 Å². The number of fused-ring (bicyclic) bond motifs is 8. The zero-order valence-corrected chi connectivity index (χ0v) is 22.3. The fourth-order valence-corrected chi connectivity index (χ4v) is 7.81. The largest absolute Gasteiger partial charge is 0.464 e. The summed E-state index contributed by atoms with van der Waals surface area (Å²) in [5, 5.41) is 11.4. The molecular formula is C38H22OS. The fraction of sp³-hybridized carbons (Fsp3) is 0. The van der Waals surface area contributed by atoms with Crippen molar-refractivity contribution in [3.8, 4) is 22.3 Å². The minimum absolute atomic E-state index is 0.942. The van der Waals surface area contributed by atoms with Gasteiger partial charge in [0.05, 0.1) is 6.26 Å². The van der Waals surface area contributed by atoms with Gasteiger partial charge in [0.15, 0.2) is 0 Å². The summed E-state index contributed by atoms with van der Waals surface area (Å²) in [7, 11) is 0. The number of hydrogen-bond donors (Lipinski definition) is 0. The molecule has 2 heteroatoms. The van der Waals surface area contributed by atoms with Crippen LogP contribution in [-0.2, 0) is 0 Å². The number of furan rings is 1. The summed E-state index contributed by atoms with van der Waals surface area (Å²) in [5.41, 5.74) is 6.07. The zero-order chi connectivity index (χ0) is 26.2. The van der Waals surface area contributed by atoms with Gasteiger partial charge in [-0.25, -0.2) is 0 Å². The topological polar surface area (TPSA) is 13.1 Å². The third kappa shape index (κ3) is 3.03. The van der Waals surface area contributed by atoms with Crippen molar-refractivity contribution in [2.75, 3.05) is 0 Å². The van der Waals surface area contributed by atoms with E-state index in [1.165, 1.54) is 80.1 Å². The Bertz CT molecular complexity index is 2380. The van der Waals surface area contributed by atoms with Crippen molar-refractivity contribution in [1.29, 1.82) is 0 Å². The lowest BCUT2D eigenvalue weighted by molar-refractivity contribution is 0.616. The fourth-order valence-electron chi connectivity index (χ4n) is 6.65. The van der Waals surface area contributed by atoms with Crippen LogP contribution in [0.1, 0.15) is 0 Å². The number of thiophene rings is 1. The molecule has 0 spiro atoms. The maximum absolute atomic E-state index is 5.71. The van der Waals surface area contributed by atoms with Crippen LogP contribution in [0.15, 0.2) is 138 Å². The molecule has 9 aromatic rings. The highest BCUT2D eigenvalue weighted by Gasteiger charge is 2.19. The lowest BCUT2D eigenvalue weighted by atomic mass is 9.84. The highest BCUT2D eigenvalue weighted by molar-refractivity contribution is 7.26. The summed E-state index contributed by atoms with van der Waals surface area (Å²) in [6, 6.07) is 46.5. The van der Waals surface area contributed by atoms with E-state index in [1.54, 1.807) is 6.26 Å². The van der Waals surface area contributed by atoms with Crippen LogP contribution in [-0.4, -0.2) is 0 Å². The van der Waals surface area contributed by atoms with E-state index < -0.39 is 0 Å². The molecule has 0 aliphatic carbocycles. The first kappa shape index (κ1) is 22.0. The van der Waals surface area contributed by atoms with Crippen LogP contribution in [0.2, 0.25) is 0 Å². The molecule has 0 radical (unpaired) electrons. The van der Waals surface area contributed by atoms with Crippen LogP contribution in [0.4, 0.5) is 0 Å². The van der Waals surface area contributed by atoms with Gasteiger partial charge in [0.25, 0.3) is 0 Å². The lowest BCUT2D eigenvalue weighted by Gasteiger charge is -2.18. The molecule has 0 amide bonds. The van der Waals surface area contributed by atoms with Gasteiger partial charge in [-0.05, 0) is 78.8 Å². The predicted molar refractivity (Wildman–Crippen MR) is 172 cm³/mol. The second kappa shape index (κ2) is 8.29. The van der Waals surface area contributed by atoms with Crippen molar-refractivity contribution in [3.05, 3.63) is 134 Å². The molecule has 9 rings (SSSR count). The van der Waals surface area contributed by atoms with Crippen molar-refractivity contribution in [3.63, 3.8) is 0 Å². The molecule has 0 unspecified atom stereocenters. The van der Waals surface area contributed by atoms with Crippen LogP contribution in [0, 0.1) is 0 Å². The second-order valence-corrected chi connectivity index (χ2v) is 11.5. The summed E-state index contributed by atoms with van der Waals surface area (Å²) in [6.07, 6.45) is 1.79. The molecule has 0 bridgehead atoms. The van der Waals surface area contributed by atoms with Crippen molar-refractivity contribution in [2.45, 2.75) is 0 Å². The van der Waals surface area contributed by atoms with E-state index in [-0.39, 0.29) is 0 Å². The van der Waals surface area contributed by atoms with E-state index in [0.717, 1.165) is 5.58 Å². The monoisotopic (exact) mass is 526 g/mol. The van der Waals surface area contributed by atoms with Gasteiger partial charge in [-0.2, -0.15) is 0 Å². The number of rotatable bonds is 2. The van der Waals surface area contributed by atoms with Crippen LogP contribution < -0.4 is 0 Å². The van der Waals surface area contributed by atoms with Gasteiger partial charge in [-0.3, -0.25) is 0 Å². The van der Waals surface area contributed by atoms with E-state index in [1.807, 2.05) is 11.3 Å². The van der Waals surface area contributed by atoms with E-state index in [9.17, 15) is 0 Å². The molecule has 0 fully saturated rings. The molecule has 7 aromatic carbocycles. The summed E-state index contributed by atoms with van der Waals surface area (Å²) in [4.78, 5) is 0. The van der Waals surface area contributed by atoms with Gasteiger partial charge in [0, 0.05) is 25.6 Å². The Morgan fingerprint density at radius 3 is 1.90 bits per heavy atom. The molecule has 0 atom stereocenters.